The van der Waals surface area contributed by atoms with Crippen molar-refractivity contribution in [3.8, 4) is 0 Å². The second-order valence-corrected chi connectivity index (χ2v) is 4.40. The van der Waals surface area contributed by atoms with E-state index in [1.807, 2.05) is 24.3 Å². The molecule has 0 aromatic heterocycles. The molecule has 0 bridgehead atoms. The average molecular weight is 223 g/mol. The van der Waals surface area contributed by atoms with Gasteiger partial charge in [-0.15, -0.1) is 0 Å². The molecule has 1 heterocycles. The molecule has 0 spiro atoms. The van der Waals surface area contributed by atoms with Gasteiger partial charge in [0.25, 0.3) is 5.91 Å². The van der Waals surface area contributed by atoms with E-state index < -0.39 is 0 Å². The summed E-state index contributed by atoms with van der Waals surface area (Å²) in [7, 11) is 0. The fourth-order valence-corrected chi connectivity index (χ4v) is 2.26. The van der Waals surface area contributed by atoms with Gasteiger partial charge in [-0.25, -0.2) is 0 Å². The van der Waals surface area contributed by atoms with Gasteiger partial charge < -0.3 is 5.32 Å². The Balaban J connectivity index is 2.07. The summed E-state index contributed by atoms with van der Waals surface area (Å²) < 4.78 is 0. The molecule has 0 unspecified atom stereocenters. The molecule has 1 amide bonds. The lowest BCUT2D eigenvalue weighted by Crippen LogP contribution is -2.19. The first-order valence-corrected chi connectivity index (χ1v) is 5.72. The van der Waals surface area contributed by atoms with Crippen LogP contribution in [0.15, 0.2) is 48.5 Å². The molecule has 1 aliphatic rings. The quantitative estimate of drug-likeness (QED) is 0.791. The van der Waals surface area contributed by atoms with Gasteiger partial charge in [0.2, 0.25) is 0 Å². The van der Waals surface area contributed by atoms with Crippen molar-refractivity contribution in [1.82, 2.24) is 5.32 Å². The molecule has 2 nitrogen and oxygen atoms in total. The topological polar surface area (TPSA) is 29.1 Å². The number of benzene rings is 2. The average Bonchev–Trinajstić information content (AvgIpc) is 2.69. The van der Waals surface area contributed by atoms with E-state index in [1.54, 1.807) is 0 Å². The first kappa shape index (κ1) is 10.1. The molecule has 1 N–H and O–H groups in total. The molecule has 1 atom stereocenters. The van der Waals surface area contributed by atoms with Gasteiger partial charge in [-0.05, 0) is 24.1 Å². The van der Waals surface area contributed by atoms with Crippen LogP contribution in [0.3, 0.4) is 0 Å². The Morgan fingerprint density at radius 3 is 2.47 bits per heavy atom. The van der Waals surface area contributed by atoms with Crippen molar-refractivity contribution < 1.29 is 4.79 Å². The van der Waals surface area contributed by atoms with Crippen LogP contribution in [-0.4, -0.2) is 5.91 Å². The molecule has 0 saturated carbocycles. The zero-order chi connectivity index (χ0) is 11.8. The Morgan fingerprint density at radius 1 is 1.00 bits per heavy atom. The summed E-state index contributed by atoms with van der Waals surface area (Å²) >= 11 is 0. The van der Waals surface area contributed by atoms with Crippen molar-refractivity contribution in [1.29, 1.82) is 0 Å². The van der Waals surface area contributed by atoms with E-state index in [1.165, 1.54) is 5.56 Å². The number of carbonyl (C=O) groups excluding carboxylic acids is 1. The fraction of sp³-hybridized carbons (Fsp3) is 0.133. The van der Waals surface area contributed by atoms with Crippen molar-refractivity contribution in [2.45, 2.75) is 13.0 Å². The molecule has 2 heteroatoms. The van der Waals surface area contributed by atoms with E-state index in [2.05, 4.69) is 36.5 Å². The number of rotatable bonds is 1. The van der Waals surface area contributed by atoms with Gasteiger partial charge >= 0.3 is 0 Å². The SMILES string of the molecule is Cc1ccc([C@@H]2NC(=O)c3ccccc32)cc1. The summed E-state index contributed by atoms with van der Waals surface area (Å²) in [5.41, 5.74) is 4.22. The second-order valence-electron chi connectivity index (χ2n) is 4.40. The van der Waals surface area contributed by atoms with Crippen LogP contribution in [0.25, 0.3) is 0 Å². The molecule has 3 rings (SSSR count). The number of nitrogens with one attached hydrogen (secondary N) is 1. The van der Waals surface area contributed by atoms with E-state index >= 15 is 0 Å². The van der Waals surface area contributed by atoms with E-state index in [-0.39, 0.29) is 11.9 Å². The zero-order valence-electron chi connectivity index (χ0n) is 9.60. The first-order chi connectivity index (χ1) is 8.25. The number of hydrogen-bond acceptors (Lipinski definition) is 1. The number of amides is 1. The third kappa shape index (κ3) is 1.62. The van der Waals surface area contributed by atoms with Crippen LogP contribution in [0.5, 0.6) is 0 Å². The molecule has 0 radical (unpaired) electrons. The molecule has 0 fully saturated rings. The van der Waals surface area contributed by atoms with Crippen molar-refractivity contribution in [3.05, 3.63) is 70.8 Å². The largest absolute Gasteiger partial charge is 0.341 e. The van der Waals surface area contributed by atoms with E-state index in [4.69, 9.17) is 0 Å². The summed E-state index contributed by atoms with van der Waals surface area (Å²) in [5, 5.41) is 3.02. The van der Waals surface area contributed by atoms with Crippen LogP contribution in [0.4, 0.5) is 0 Å². The van der Waals surface area contributed by atoms with Crippen molar-refractivity contribution in [2.75, 3.05) is 0 Å². The van der Waals surface area contributed by atoms with Gasteiger partial charge in [-0.3, -0.25) is 4.79 Å². The lowest BCUT2D eigenvalue weighted by atomic mass is 9.98. The number of aryl methyl sites for hydroxylation is 1. The monoisotopic (exact) mass is 223 g/mol. The van der Waals surface area contributed by atoms with Crippen LogP contribution < -0.4 is 5.32 Å². The minimum atomic E-state index is -0.000648. The van der Waals surface area contributed by atoms with Crippen LogP contribution in [-0.2, 0) is 0 Å². The summed E-state index contributed by atoms with van der Waals surface area (Å²) in [6.07, 6.45) is 0. The maximum atomic E-state index is 11.8. The highest BCUT2D eigenvalue weighted by molar-refractivity contribution is 5.99. The Morgan fingerprint density at radius 2 is 1.71 bits per heavy atom. The predicted molar refractivity (Wildman–Crippen MR) is 66.9 cm³/mol. The smallest absolute Gasteiger partial charge is 0.252 e. The molecular weight excluding hydrogens is 210 g/mol. The van der Waals surface area contributed by atoms with Crippen LogP contribution in [0, 0.1) is 6.92 Å². The van der Waals surface area contributed by atoms with E-state index in [9.17, 15) is 4.79 Å². The summed E-state index contributed by atoms with van der Waals surface area (Å²) in [6, 6.07) is 16.0. The molecule has 2 aromatic carbocycles. The predicted octanol–water partition coefficient (Wildman–Crippen LogP) is 2.83. The molecule has 0 aliphatic carbocycles. The molecule has 1 aliphatic heterocycles. The number of carbonyl (C=O) groups is 1. The highest BCUT2D eigenvalue weighted by atomic mass is 16.2. The Kier molecular flexibility index (Phi) is 2.22. The number of hydrogen-bond donors (Lipinski definition) is 1. The van der Waals surface area contributed by atoms with E-state index in [0.29, 0.717) is 0 Å². The Bertz CT molecular complexity index is 572. The molecular formula is C15H13NO. The summed E-state index contributed by atoms with van der Waals surface area (Å²) in [5.74, 6) is 0.0196. The molecule has 17 heavy (non-hydrogen) atoms. The van der Waals surface area contributed by atoms with Crippen LogP contribution in [0.1, 0.15) is 33.1 Å². The first-order valence-electron chi connectivity index (χ1n) is 5.72. The maximum Gasteiger partial charge on any atom is 0.252 e. The van der Waals surface area contributed by atoms with Gasteiger partial charge in [0.05, 0.1) is 6.04 Å². The second kappa shape index (κ2) is 3.74. The standard InChI is InChI=1S/C15H13NO/c1-10-6-8-11(9-7-10)14-12-4-2-3-5-13(12)15(17)16-14/h2-9,14H,1H3,(H,16,17)/t14-/m0/s1. The minimum absolute atomic E-state index is 0.000648. The lowest BCUT2D eigenvalue weighted by molar-refractivity contribution is 0.0960. The van der Waals surface area contributed by atoms with E-state index in [0.717, 1.165) is 16.7 Å². The summed E-state index contributed by atoms with van der Waals surface area (Å²) in [4.78, 5) is 11.8. The van der Waals surface area contributed by atoms with Gasteiger partial charge in [0.15, 0.2) is 0 Å². The lowest BCUT2D eigenvalue weighted by Gasteiger charge is -2.12. The fourth-order valence-electron chi connectivity index (χ4n) is 2.26. The van der Waals surface area contributed by atoms with Gasteiger partial charge in [-0.1, -0.05) is 48.0 Å². The maximum absolute atomic E-state index is 11.8. The molecule has 84 valence electrons. The third-order valence-corrected chi connectivity index (χ3v) is 3.20. The van der Waals surface area contributed by atoms with Crippen LogP contribution in [0.2, 0.25) is 0 Å². The highest BCUT2D eigenvalue weighted by Crippen LogP contribution is 2.30. The normalized spacial score (nSPS) is 17.7. The zero-order valence-corrected chi connectivity index (χ0v) is 9.60. The molecule has 0 saturated heterocycles. The van der Waals surface area contributed by atoms with Crippen molar-refractivity contribution >= 4 is 5.91 Å². The minimum Gasteiger partial charge on any atom is -0.341 e. The van der Waals surface area contributed by atoms with Gasteiger partial charge in [0.1, 0.15) is 0 Å². The van der Waals surface area contributed by atoms with Crippen molar-refractivity contribution in [2.24, 2.45) is 0 Å². The Hall–Kier alpha value is -2.09. The molecule has 2 aromatic rings. The van der Waals surface area contributed by atoms with Crippen LogP contribution >= 0.6 is 0 Å². The highest BCUT2D eigenvalue weighted by Gasteiger charge is 2.28. The third-order valence-electron chi connectivity index (χ3n) is 3.20. The Labute approximate surface area is 100 Å². The number of fused-ring (bicyclic) bond motifs is 1. The van der Waals surface area contributed by atoms with Gasteiger partial charge in [-0.2, -0.15) is 0 Å². The van der Waals surface area contributed by atoms with Gasteiger partial charge in [0, 0.05) is 5.56 Å². The summed E-state index contributed by atoms with van der Waals surface area (Å²) in [6.45, 7) is 2.06. The van der Waals surface area contributed by atoms with Crippen molar-refractivity contribution in [3.63, 3.8) is 0 Å².